The van der Waals surface area contributed by atoms with Gasteiger partial charge in [0.2, 0.25) is 0 Å². The molecule has 168 valence electrons. The minimum atomic E-state index is 0.481. The Balaban J connectivity index is 1.55. The van der Waals surface area contributed by atoms with Crippen molar-refractivity contribution in [3.05, 3.63) is 23.9 Å². The van der Waals surface area contributed by atoms with Gasteiger partial charge in [-0.2, -0.15) is 0 Å². The van der Waals surface area contributed by atoms with E-state index < -0.39 is 0 Å². The number of aliphatic imine (C=N–C) groups is 1. The highest BCUT2D eigenvalue weighted by atomic mass is 16.5. The monoisotopic (exact) mass is 418 g/mol. The second-order valence-corrected chi connectivity index (χ2v) is 8.32. The fraction of sp³-hybridized carbons (Fsp3) is 0.727. The van der Waals surface area contributed by atoms with Gasteiger partial charge in [-0.05, 0) is 18.4 Å². The van der Waals surface area contributed by atoms with Crippen LogP contribution in [0.15, 0.2) is 23.3 Å². The normalized spacial score (nSPS) is 19.7. The van der Waals surface area contributed by atoms with Crippen LogP contribution in [0.3, 0.4) is 0 Å². The van der Waals surface area contributed by atoms with Crippen molar-refractivity contribution in [1.82, 2.24) is 20.5 Å². The van der Waals surface area contributed by atoms with Crippen molar-refractivity contribution in [3.63, 3.8) is 0 Å². The van der Waals surface area contributed by atoms with Crippen LogP contribution in [0.5, 0.6) is 0 Å². The van der Waals surface area contributed by atoms with Gasteiger partial charge in [-0.1, -0.05) is 19.9 Å². The molecule has 0 aliphatic carbocycles. The molecule has 0 aromatic carbocycles. The number of morpholine rings is 2. The molecule has 1 aromatic rings. The summed E-state index contributed by atoms with van der Waals surface area (Å²) in [6.07, 6.45) is 3.02. The third-order valence-electron chi connectivity index (χ3n) is 5.66. The molecule has 1 atom stereocenters. The Morgan fingerprint density at radius 3 is 2.47 bits per heavy atom. The molecule has 0 spiro atoms. The summed E-state index contributed by atoms with van der Waals surface area (Å²) < 4.78 is 11.0. The molecule has 0 bridgehead atoms. The summed E-state index contributed by atoms with van der Waals surface area (Å²) in [5.74, 6) is 2.52. The van der Waals surface area contributed by atoms with E-state index in [0.717, 1.165) is 77.3 Å². The maximum atomic E-state index is 5.53. The maximum absolute atomic E-state index is 5.53. The van der Waals surface area contributed by atoms with E-state index in [1.165, 1.54) is 5.56 Å². The molecule has 0 radical (unpaired) electrons. The van der Waals surface area contributed by atoms with E-state index in [9.17, 15) is 0 Å². The van der Waals surface area contributed by atoms with Crippen molar-refractivity contribution in [2.24, 2.45) is 10.9 Å². The van der Waals surface area contributed by atoms with Crippen LogP contribution in [0, 0.1) is 5.92 Å². The second kappa shape index (κ2) is 12.1. The molecule has 8 nitrogen and oxygen atoms in total. The van der Waals surface area contributed by atoms with Crippen LogP contribution in [0.1, 0.15) is 25.8 Å². The number of nitrogens with zero attached hydrogens (tertiary/aromatic N) is 4. The molecule has 0 amide bonds. The van der Waals surface area contributed by atoms with E-state index >= 15 is 0 Å². The van der Waals surface area contributed by atoms with Gasteiger partial charge in [-0.3, -0.25) is 9.89 Å². The van der Waals surface area contributed by atoms with Crippen molar-refractivity contribution in [1.29, 1.82) is 0 Å². The predicted molar refractivity (Wildman–Crippen MR) is 121 cm³/mol. The van der Waals surface area contributed by atoms with Gasteiger partial charge in [0, 0.05) is 64.1 Å². The van der Waals surface area contributed by atoms with Crippen LogP contribution >= 0.6 is 0 Å². The third kappa shape index (κ3) is 6.82. The molecule has 2 aliphatic rings. The van der Waals surface area contributed by atoms with E-state index in [1.54, 1.807) is 0 Å². The fourth-order valence-electron chi connectivity index (χ4n) is 4.09. The molecular weight excluding hydrogens is 380 g/mol. The SMILES string of the molecule is CN=C(NCc1cccnc1N1CCOCC1)NCC(CC(C)C)N1CCOCC1. The Labute approximate surface area is 181 Å². The first-order valence-electron chi connectivity index (χ1n) is 11.2. The van der Waals surface area contributed by atoms with E-state index in [2.05, 4.69) is 50.3 Å². The lowest BCUT2D eigenvalue weighted by atomic mass is 10.0. The Bertz CT molecular complexity index is 657. The molecule has 30 heavy (non-hydrogen) atoms. The van der Waals surface area contributed by atoms with Crippen molar-refractivity contribution in [3.8, 4) is 0 Å². The van der Waals surface area contributed by atoms with E-state index in [-0.39, 0.29) is 0 Å². The Morgan fingerprint density at radius 1 is 1.10 bits per heavy atom. The van der Waals surface area contributed by atoms with Crippen LogP contribution in [0.2, 0.25) is 0 Å². The molecule has 2 saturated heterocycles. The highest BCUT2D eigenvalue weighted by molar-refractivity contribution is 5.79. The number of hydrogen-bond donors (Lipinski definition) is 2. The van der Waals surface area contributed by atoms with Gasteiger partial charge < -0.3 is 25.0 Å². The van der Waals surface area contributed by atoms with Crippen LogP contribution in [-0.4, -0.2) is 88.1 Å². The third-order valence-corrected chi connectivity index (χ3v) is 5.66. The lowest BCUT2D eigenvalue weighted by molar-refractivity contribution is 0.0132. The molecule has 8 heteroatoms. The highest BCUT2D eigenvalue weighted by Crippen LogP contribution is 2.18. The largest absolute Gasteiger partial charge is 0.379 e. The minimum absolute atomic E-state index is 0.481. The molecule has 2 fully saturated rings. The summed E-state index contributed by atoms with van der Waals surface area (Å²) >= 11 is 0. The number of rotatable bonds is 8. The summed E-state index contributed by atoms with van der Waals surface area (Å²) in [6.45, 7) is 13.1. The Kier molecular flexibility index (Phi) is 9.17. The standard InChI is InChI=1S/C22H38N6O2/c1-18(2)15-20(27-7-11-29-12-8-27)17-26-22(23-3)25-16-19-5-4-6-24-21(19)28-9-13-30-14-10-28/h4-6,18,20H,7-17H2,1-3H3,(H2,23,25,26). The minimum Gasteiger partial charge on any atom is -0.379 e. The highest BCUT2D eigenvalue weighted by Gasteiger charge is 2.22. The summed E-state index contributed by atoms with van der Waals surface area (Å²) in [7, 11) is 1.83. The number of guanidine groups is 1. The van der Waals surface area contributed by atoms with Gasteiger partial charge in [-0.15, -0.1) is 0 Å². The van der Waals surface area contributed by atoms with Gasteiger partial charge in [0.05, 0.1) is 26.4 Å². The van der Waals surface area contributed by atoms with Gasteiger partial charge in [0.1, 0.15) is 5.82 Å². The number of pyridine rings is 1. The van der Waals surface area contributed by atoms with Crippen molar-refractivity contribution >= 4 is 11.8 Å². The molecule has 1 aromatic heterocycles. The zero-order valence-electron chi connectivity index (χ0n) is 18.8. The molecule has 3 heterocycles. The number of aromatic nitrogens is 1. The predicted octanol–water partition coefficient (Wildman–Crippen LogP) is 1.33. The molecule has 0 saturated carbocycles. The number of hydrogen-bond acceptors (Lipinski definition) is 6. The first kappa shape index (κ1) is 22.8. The van der Waals surface area contributed by atoms with Gasteiger partial charge in [-0.25, -0.2) is 4.98 Å². The van der Waals surface area contributed by atoms with E-state index in [0.29, 0.717) is 18.5 Å². The summed E-state index contributed by atoms with van der Waals surface area (Å²) in [4.78, 5) is 13.9. The summed E-state index contributed by atoms with van der Waals surface area (Å²) in [5, 5.41) is 7.02. The van der Waals surface area contributed by atoms with E-state index in [1.807, 2.05) is 19.3 Å². The maximum Gasteiger partial charge on any atom is 0.191 e. The average molecular weight is 419 g/mol. The number of ether oxygens (including phenoxy) is 2. The van der Waals surface area contributed by atoms with Crippen molar-refractivity contribution < 1.29 is 9.47 Å². The van der Waals surface area contributed by atoms with Gasteiger partial charge >= 0.3 is 0 Å². The lowest BCUT2D eigenvalue weighted by Crippen LogP contribution is -2.51. The zero-order valence-corrected chi connectivity index (χ0v) is 18.8. The second-order valence-electron chi connectivity index (χ2n) is 8.32. The fourth-order valence-corrected chi connectivity index (χ4v) is 4.09. The van der Waals surface area contributed by atoms with Gasteiger partial charge in [0.25, 0.3) is 0 Å². The van der Waals surface area contributed by atoms with E-state index in [4.69, 9.17) is 9.47 Å². The number of nitrogens with one attached hydrogen (secondary N) is 2. The smallest absolute Gasteiger partial charge is 0.191 e. The van der Waals surface area contributed by atoms with Gasteiger partial charge in [0.15, 0.2) is 5.96 Å². The first-order valence-corrected chi connectivity index (χ1v) is 11.2. The molecule has 2 aliphatic heterocycles. The van der Waals surface area contributed by atoms with Crippen LogP contribution in [-0.2, 0) is 16.0 Å². The first-order chi connectivity index (χ1) is 14.7. The number of anilines is 1. The molecule has 2 N–H and O–H groups in total. The Morgan fingerprint density at radius 2 is 1.80 bits per heavy atom. The average Bonchev–Trinajstić information content (AvgIpc) is 2.79. The summed E-state index contributed by atoms with van der Waals surface area (Å²) in [5.41, 5.74) is 1.18. The summed E-state index contributed by atoms with van der Waals surface area (Å²) in [6, 6.07) is 4.61. The molecular formula is C22H38N6O2. The van der Waals surface area contributed by atoms with Crippen LogP contribution in [0.4, 0.5) is 5.82 Å². The molecule has 1 unspecified atom stereocenters. The van der Waals surface area contributed by atoms with Crippen LogP contribution in [0.25, 0.3) is 0 Å². The lowest BCUT2D eigenvalue weighted by Gasteiger charge is -2.35. The molecule has 3 rings (SSSR count). The van der Waals surface area contributed by atoms with Crippen molar-refractivity contribution in [2.75, 3.05) is 71.1 Å². The van der Waals surface area contributed by atoms with Crippen LogP contribution < -0.4 is 15.5 Å². The quantitative estimate of drug-likeness (QED) is 0.487. The Hall–Kier alpha value is -1.90. The zero-order chi connectivity index (χ0) is 21.2. The topological polar surface area (TPSA) is 74.2 Å². The van der Waals surface area contributed by atoms with Crippen molar-refractivity contribution in [2.45, 2.75) is 32.9 Å².